The largest absolute Gasteiger partial charge is 0.394 e. The van der Waals surface area contributed by atoms with Gasteiger partial charge in [0.05, 0.1) is 39.6 Å². The number of nitrogens with one attached hydrogen (secondary N) is 2. The predicted octanol–water partition coefficient (Wildman–Crippen LogP) is -13.8. The minimum absolute atomic E-state index is 0.709. The fourth-order valence-corrected chi connectivity index (χ4v) is 9.28. The molecule has 20 N–H and O–H groups in total. The lowest BCUT2D eigenvalue weighted by atomic mass is 9.94. The molecule has 6 fully saturated rings. The van der Waals surface area contributed by atoms with Crippen molar-refractivity contribution >= 4 is 11.8 Å². The molecule has 6 heterocycles. The molecule has 33 nitrogen and oxygen atoms in total. The molecule has 0 spiro atoms. The second-order valence-electron chi connectivity index (χ2n) is 18.2. The van der Waals surface area contributed by atoms with Gasteiger partial charge in [-0.25, -0.2) is 0 Å². The van der Waals surface area contributed by atoms with Gasteiger partial charge < -0.3 is 155 Å². The van der Waals surface area contributed by atoms with E-state index in [1.54, 1.807) is 0 Å². The van der Waals surface area contributed by atoms with Gasteiger partial charge in [0.2, 0.25) is 11.8 Å². The van der Waals surface area contributed by atoms with Crippen LogP contribution in [0.5, 0.6) is 0 Å². The van der Waals surface area contributed by atoms with Crippen molar-refractivity contribution in [2.75, 3.05) is 39.6 Å². The van der Waals surface area contributed by atoms with Gasteiger partial charge in [0.25, 0.3) is 0 Å². The third kappa shape index (κ3) is 12.9. The third-order valence-corrected chi connectivity index (χ3v) is 13.2. The van der Waals surface area contributed by atoms with Crippen molar-refractivity contribution in [3.63, 3.8) is 0 Å². The van der Waals surface area contributed by atoms with Gasteiger partial charge in [-0.3, -0.25) is 9.59 Å². The monoisotopic (exact) mass is 1070 g/mol. The van der Waals surface area contributed by atoms with Crippen molar-refractivity contribution in [1.82, 2.24) is 10.6 Å². The Bertz CT molecular complexity index is 1750. The number of aliphatic hydroxyl groups is 18. The molecule has 6 saturated heterocycles. The average molecular weight is 1070 g/mol. The molecule has 0 aliphatic carbocycles. The summed E-state index contributed by atoms with van der Waals surface area (Å²) < 4.78 is 63.0. The Kier molecular flexibility index (Phi) is 21.3. The van der Waals surface area contributed by atoms with Gasteiger partial charge in [0.1, 0.15) is 146 Å². The molecule has 424 valence electrons. The molecule has 6 aliphatic rings. The highest BCUT2D eigenvalue weighted by Crippen LogP contribution is 2.37. The molecular formula is C40H68N2O31. The topological polar surface area (TPSA) is 524 Å². The minimum Gasteiger partial charge on any atom is -0.394 e. The van der Waals surface area contributed by atoms with E-state index in [9.17, 15) is 102 Å². The molecule has 0 aromatic rings. The molecule has 0 bridgehead atoms. The summed E-state index contributed by atoms with van der Waals surface area (Å²) in [7, 11) is 0. The number of carbonyl (C=O) groups excluding carboxylic acids is 2. The molecule has 73 heavy (non-hydrogen) atoms. The Morgan fingerprint density at radius 2 is 0.658 bits per heavy atom. The summed E-state index contributed by atoms with van der Waals surface area (Å²) in [5, 5.41) is 198. The smallest absolute Gasteiger partial charge is 0.217 e. The van der Waals surface area contributed by atoms with Crippen molar-refractivity contribution in [3.8, 4) is 0 Å². The summed E-state index contributed by atoms with van der Waals surface area (Å²) >= 11 is 0. The average Bonchev–Trinajstić information content (AvgIpc) is 3.36. The molecule has 0 radical (unpaired) electrons. The summed E-state index contributed by atoms with van der Waals surface area (Å²) in [5.41, 5.74) is 0. The molecule has 0 aromatic heterocycles. The SMILES string of the molecule is CC(=O)N[C@@H]1[C@@H](O)[C@H](O[C@@H]2O[C@H](CO)[C@@H](O[C@H]3O[C@H](CO)[C@@H](O)[C@H](O[C@H]4O[C@H](CO)[C@@H](O)[C@H](O)[C@@H]4O[C@H]4O[C@H](CO)[C@@H](O)[C@H](O)[C@@H]4O[C@H]4O[C@H](CO)[C@@H](O)[C@H](O)[C@@H]4O)[C@@H]3O)[C@H](O)[C@H]2NC(C)=O)[C@@H](CO)O[C@H]1O. The van der Waals surface area contributed by atoms with E-state index in [1.165, 1.54) is 0 Å². The van der Waals surface area contributed by atoms with Crippen LogP contribution in [0.2, 0.25) is 0 Å². The Morgan fingerprint density at radius 3 is 1.12 bits per heavy atom. The van der Waals surface area contributed by atoms with Gasteiger partial charge in [-0.1, -0.05) is 0 Å². The lowest BCUT2D eigenvalue weighted by Crippen LogP contribution is -2.70. The zero-order chi connectivity index (χ0) is 53.9. The third-order valence-electron chi connectivity index (χ3n) is 13.2. The summed E-state index contributed by atoms with van der Waals surface area (Å²) in [6, 6.07) is -3.24. The predicted molar refractivity (Wildman–Crippen MR) is 222 cm³/mol. The van der Waals surface area contributed by atoms with Crippen molar-refractivity contribution in [2.24, 2.45) is 0 Å². The van der Waals surface area contributed by atoms with Crippen LogP contribution in [0.25, 0.3) is 0 Å². The first-order valence-corrected chi connectivity index (χ1v) is 23.1. The van der Waals surface area contributed by atoms with Crippen LogP contribution in [0, 0.1) is 0 Å². The van der Waals surface area contributed by atoms with E-state index in [0.717, 1.165) is 13.8 Å². The van der Waals surface area contributed by atoms with E-state index in [-0.39, 0.29) is 0 Å². The van der Waals surface area contributed by atoms with Gasteiger partial charge in [-0.15, -0.1) is 0 Å². The maximum absolute atomic E-state index is 12.5. The second kappa shape index (κ2) is 26.0. The second-order valence-corrected chi connectivity index (χ2v) is 18.2. The molecule has 33 heteroatoms. The molecule has 6 aliphatic heterocycles. The molecule has 6 rings (SSSR count). The van der Waals surface area contributed by atoms with Crippen molar-refractivity contribution in [3.05, 3.63) is 0 Å². The molecule has 0 saturated carbocycles. The van der Waals surface area contributed by atoms with Crippen LogP contribution in [-0.2, 0) is 61.7 Å². The summed E-state index contributed by atoms with van der Waals surface area (Å²) in [6.45, 7) is -3.83. The Balaban J connectivity index is 1.25. The highest BCUT2D eigenvalue weighted by Gasteiger charge is 2.58. The van der Waals surface area contributed by atoms with E-state index in [0.29, 0.717) is 0 Å². The quantitative estimate of drug-likeness (QED) is 0.0606. The van der Waals surface area contributed by atoms with Crippen LogP contribution in [-0.4, -0.2) is 327 Å². The van der Waals surface area contributed by atoms with Crippen LogP contribution < -0.4 is 10.6 Å². The van der Waals surface area contributed by atoms with E-state index >= 15 is 0 Å². The van der Waals surface area contributed by atoms with Crippen molar-refractivity contribution in [2.45, 2.75) is 198 Å². The Hall–Kier alpha value is -2.22. The van der Waals surface area contributed by atoms with Crippen LogP contribution >= 0.6 is 0 Å². The fourth-order valence-electron chi connectivity index (χ4n) is 9.28. The fraction of sp³-hybridized carbons (Fsp3) is 0.950. The first kappa shape index (κ1) is 60.0. The van der Waals surface area contributed by atoms with Gasteiger partial charge >= 0.3 is 0 Å². The Labute approximate surface area is 413 Å². The van der Waals surface area contributed by atoms with Crippen LogP contribution in [0.3, 0.4) is 0 Å². The molecule has 2 amide bonds. The van der Waals surface area contributed by atoms with E-state index in [2.05, 4.69) is 10.6 Å². The van der Waals surface area contributed by atoms with Crippen molar-refractivity contribution < 1.29 is 154 Å². The molecule has 30 atom stereocenters. The maximum Gasteiger partial charge on any atom is 0.217 e. The summed E-state index contributed by atoms with van der Waals surface area (Å²) in [6.07, 6.45) is -54.5. The van der Waals surface area contributed by atoms with E-state index in [1.807, 2.05) is 0 Å². The number of carbonyl (C=O) groups is 2. The maximum atomic E-state index is 12.5. The molecular weight excluding hydrogens is 1000 g/mol. The van der Waals surface area contributed by atoms with Gasteiger partial charge in [-0.2, -0.15) is 0 Å². The number of ether oxygens (including phenoxy) is 11. The van der Waals surface area contributed by atoms with Gasteiger partial charge in [0, 0.05) is 13.8 Å². The zero-order valence-corrected chi connectivity index (χ0v) is 38.9. The molecule has 0 aromatic carbocycles. The molecule has 0 unspecified atom stereocenters. The van der Waals surface area contributed by atoms with Gasteiger partial charge in [0.15, 0.2) is 37.7 Å². The van der Waals surface area contributed by atoms with Crippen molar-refractivity contribution in [1.29, 1.82) is 0 Å². The number of amides is 2. The number of hydrogen-bond acceptors (Lipinski definition) is 31. The van der Waals surface area contributed by atoms with Crippen LogP contribution in [0.1, 0.15) is 13.8 Å². The number of rotatable bonds is 18. The first-order valence-electron chi connectivity index (χ1n) is 23.1. The van der Waals surface area contributed by atoms with E-state index in [4.69, 9.17) is 52.1 Å². The lowest BCUT2D eigenvalue weighted by Gasteiger charge is -2.50. The first-order chi connectivity index (χ1) is 34.5. The zero-order valence-electron chi connectivity index (χ0n) is 38.9. The number of hydrogen-bond donors (Lipinski definition) is 20. The number of aliphatic hydroxyl groups excluding tert-OH is 18. The van der Waals surface area contributed by atoms with Gasteiger partial charge in [-0.05, 0) is 0 Å². The highest BCUT2D eigenvalue weighted by molar-refractivity contribution is 5.73. The van der Waals surface area contributed by atoms with Crippen LogP contribution in [0.4, 0.5) is 0 Å². The summed E-state index contributed by atoms with van der Waals surface area (Å²) in [4.78, 5) is 24.3. The summed E-state index contributed by atoms with van der Waals surface area (Å²) in [5.74, 6) is -1.53. The van der Waals surface area contributed by atoms with E-state index < -0.39 is 236 Å². The highest BCUT2D eigenvalue weighted by atomic mass is 16.8. The minimum atomic E-state index is -2.28. The normalized spacial score (nSPS) is 49.8. The Morgan fingerprint density at radius 1 is 0.329 bits per heavy atom. The van der Waals surface area contributed by atoms with Crippen LogP contribution in [0.15, 0.2) is 0 Å². The lowest BCUT2D eigenvalue weighted by molar-refractivity contribution is -0.406. The standard InChI is InChI=1S/C40H68N2O31/c1-9(49)41-17-23(55)30(15(7-47)63-35(17)62)69-36-18(42-10(2)50)24(56)31(16(8-48)68-36)70-38-29(61)32(22(54)14(6-46)65-38)71-39-34(27(59)21(53)12(4-44)66-39)73-40-33(26(58)20(52)13(5-45)67-40)72-37-28(60)25(57)19(51)11(3-43)64-37/h11-40,43-48,51-62H,3-8H2,1-2H3,(H,41,49)(H,42,50)/t11-,12-,13-,14-,15-,16-,17-,18-,19-,20-,21-,22-,23-,24-,25+,26+,27+,28+,29+,30-,31-,32+,33+,34+,35-,36+,37-,38-,39-,40-/m1/s1.